The first kappa shape index (κ1) is 14.4. The van der Waals surface area contributed by atoms with E-state index in [1.807, 2.05) is 19.9 Å². The third-order valence-corrected chi connectivity index (χ3v) is 3.72. The molecule has 0 radical (unpaired) electrons. The Labute approximate surface area is 119 Å². The van der Waals surface area contributed by atoms with Crippen LogP contribution in [0, 0.1) is 18.3 Å². The van der Waals surface area contributed by atoms with Gasteiger partial charge in [0.15, 0.2) is 0 Å². The van der Waals surface area contributed by atoms with Gasteiger partial charge in [-0.05, 0) is 31.5 Å². The number of nitriles is 1. The Balaban J connectivity index is 2.04. The lowest BCUT2D eigenvalue weighted by Crippen LogP contribution is -2.51. The Hall–Kier alpha value is -2.06. The molecule has 1 amide bonds. The number of rotatable bonds is 2. The predicted octanol–water partition coefficient (Wildman–Crippen LogP) is 1.37. The van der Waals surface area contributed by atoms with Crippen molar-refractivity contribution < 1.29 is 9.90 Å². The van der Waals surface area contributed by atoms with Gasteiger partial charge in [0.1, 0.15) is 5.75 Å². The topological polar surface area (TPSA) is 67.6 Å². The highest BCUT2D eigenvalue weighted by atomic mass is 16.3. The van der Waals surface area contributed by atoms with Crippen molar-refractivity contribution in [2.24, 2.45) is 0 Å². The summed E-state index contributed by atoms with van der Waals surface area (Å²) >= 11 is 0. The second-order valence-corrected chi connectivity index (χ2v) is 5.15. The molecule has 0 spiro atoms. The molecule has 1 aliphatic rings. The number of aryl methyl sites for hydroxylation is 1. The summed E-state index contributed by atoms with van der Waals surface area (Å²) in [6.45, 7) is 6.27. The molecule has 0 bridgehead atoms. The molecule has 1 saturated heterocycles. The molecule has 1 N–H and O–H groups in total. The molecule has 20 heavy (non-hydrogen) atoms. The first-order chi connectivity index (χ1) is 9.52. The lowest BCUT2D eigenvalue weighted by molar-refractivity contribution is 0.0613. The van der Waals surface area contributed by atoms with Crippen LogP contribution in [0.4, 0.5) is 0 Å². The summed E-state index contributed by atoms with van der Waals surface area (Å²) < 4.78 is 0. The van der Waals surface area contributed by atoms with Gasteiger partial charge in [-0.15, -0.1) is 0 Å². The van der Waals surface area contributed by atoms with Crippen molar-refractivity contribution in [2.75, 3.05) is 26.2 Å². The molecule has 0 aromatic heterocycles. The smallest absolute Gasteiger partial charge is 0.257 e. The fraction of sp³-hybridized carbons (Fsp3) is 0.467. The zero-order valence-corrected chi connectivity index (χ0v) is 11.8. The largest absolute Gasteiger partial charge is 0.507 e. The van der Waals surface area contributed by atoms with Gasteiger partial charge < -0.3 is 10.0 Å². The minimum absolute atomic E-state index is 0.0304. The number of carbonyl (C=O) groups excluding carboxylic acids is 1. The van der Waals surface area contributed by atoms with Crippen molar-refractivity contribution >= 4 is 5.91 Å². The van der Waals surface area contributed by atoms with E-state index in [0.717, 1.165) is 5.56 Å². The Bertz CT molecular complexity index is 543. The van der Waals surface area contributed by atoms with Gasteiger partial charge in [0.2, 0.25) is 0 Å². The highest BCUT2D eigenvalue weighted by Gasteiger charge is 2.25. The second kappa shape index (κ2) is 5.93. The molecule has 1 aromatic rings. The van der Waals surface area contributed by atoms with Crippen LogP contribution in [-0.4, -0.2) is 53.0 Å². The molecule has 5 heteroatoms. The molecule has 1 fully saturated rings. The Kier molecular flexibility index (Phi) is 4.26. The van der Waals surface area contributed by atoms with Crippen LogP contribution in [0.1, 0.15) is 22.8 Å². The molecule has 0 aliphatic carbocycles. The van der Waals surface area contributed by atoms with Crippen LogP contribution in [0.3, 0.4) is 0 Å². The standard InChI is InChI=1S/C15H19N3O2/c1-11-3-4-13(14(19)9-11)15(20)18-7-5-17(6-8-18)12(2)10-16/h3-4,9,12,19H,5-8H2,1-2H3. The number of nitrogens with zero attached hydrogens (tertiary/aromatic N) is 3. The van der Waals surface area contributed by atoms with Crippen molar-refractivity contribution in [1.29, 1.82) is 5.26 Å². The minimum atomic E-state index is -0.147. The van der Waals surface area contributed by atoms with Crippen LogP contribution < -0.4 is 0 Å². The van der Waals surface area contributed by atoms with E-state index >= 15 is 0 Å². The summed E-state index contributed by atoms with van der Waals surface area (Å²) in [5, 5.41) is 18.8. The molecular weight excluding hydrogens is 254 g/mol. The van der Waals surface area contributed by atoms with Crippen molar-refractivity contribution in [3.63, 3.8) is 0 Å². The van der Waals surface area contributed by atoms with Gasteiger partial charge >= 0.3 is 0 Å². The Morgan fingerprint density at radius 2 is 2.00 bits per heavy atom. The molecule has 5 nitrogen and oxygen atoms in total. The lowest BCUT2D eigenvalue weighted by Gasteiger charge is -2.36. The van der Waals surface area contributed by atoms with Crippen molar-refractivity contribution in [3.05, 3.63) is 29.3 Å². The average molecular weight is 273 g/mol. The molecule has 106 valence electrons. The van der Waals surface area contributed by atoms with Crippen LogP contribution in [0.2, 0.25) is 0 Å². The molecule has 1 aromatic carbocycles. The van der Waals surface area contributed by atoms with E-state index in [2.05, 4.69) is 11.0 Å². The lowest BCUT2D eigenvalue weighted by atomic mass is 10.1. The van der Waals surface area contributed by atoms with Gasteiger partial charge in [-0.2, -0.15) is 5.26 Å². The zero-order valence-electron chi connectivity index (χ0n) is 11.8. The molecule has 1 aliphatic heterocycles. The zero-order chi connectivity index (χ0) is 14.7. The summed E-state index contributed by atoms with van der Waals surface area (Å²) in [6, 6.07) is 7.17. The Morgan fingerprint density at radius 1 is 1.35 bits per heavy atom. The number of phenols is 1. The quantitative estimate of drug-likeness (QED) is 0.883. The Morgan fingerprint density at radius 3 is 2.55 bits per heavy atom. The van der Waals surface area contributed by atoms with Gasteiger partial charge in [0, 0.05) is 26.2 Å². The van der Waals surface area contributed by atoms with Crippen molar-refractivity contribution in [3.8, 4) is 11.8 Å². The van der Waals surface area contributed by atoms with Crippen molar-refractivity contribution in [1.82, 2.24) is 9.80 Å². The van der Waals surface area contributed by atoms with Crippen LogP contribution in [0.25, 0.3) is 0 Å². The van der Waals surface area contributed by atoms with Crippen LogP contribution >= 0.6 is 0 Å². The SMILES string of the molecule is Cc1ccc(C(=O)N2CCN(C(C)C#N)CC2)c(O)c1. The summed E-state index contributed by atoms with van der Waals surface area (Å²) in [4.78, 5) is 16.1. The molecule has 1 heterocycles. The number of phenolic OH excluding ortho intramolecular Hbond substituents is 1. The average Bonchev–Trinajstić information content (AvgIpc) is 2.46. The fourth-order valence-electron chi connectivity index (χ4n) is 2.39. The third-order valence-electron chi connectivity index (χ3n) is 3.72. The monoisotopic (exact) mass is 273 g/mol. The van der Waals surface area contributed by atoms with Gasteiger partial charge in [-0.25, -0.2) is 0 Å². The van der Waals surface area contributed by atoms with Crippen LogP contribution in [-0.2, 0) is 0 Å². The van der Waals surface area contributed by atoms with E-state index in [1.165, 1.54) is 0 Å². The van der Waals surface area contributed by atoms with Gasteiger partial charge in [0.05, 0.1) is 17.7 Å². The van der Waals surface area contributed by atoms with E-state index < -0.39 is 0 Å². The molecule has 1 unspecified atom stereocenters. The number of carbonyl (C=O) groups is 1. The summed E-state index contributed by atoms with van der Waals surface area (Å²) in [5.41, 5.74) is 1.27. The number of aromatic hydroxyl groups is 1. The normalized spacial score (nSPS) is 17.6. The second-order valence-electron chi connectivity index (χ2n) is 5.15. The van der Waals surface area contributed by atoms with Gasteiger partial charge in [-0.1, -0.05) is 6.07 Å². The highest BCUT2D eigenvalue weighted by Crippen LogP contribution is 2.21. The minimum Gasteiger partial charge on any atom is -0.507 e. The maximum Gasteiger partial charge on any atom is 0.257 e. The van der Waals surface area contributed by atoms with Crippen LogP contribution in [0.15, 0.2) is 18.2 Å². The van der Waals surface area contributed by atoms with Crippen molar-refractivity contribution in [2.45, 2.75) is 19.9 Å². The fourth-order valence-corrected chi connectivity index (χ4v) is 2.39. The molecular formula is C15H19N3O2. The maximum atomic E-state index is 12.4. The summed E-state index contributed by atoms with van der Waals surface area (Å²) in [7, 11) is 0. The van der Waals surface area contributed by atoms with Gasteiger partial charge in [0.25, 0.3) is 5.91 Å². The highest BCUT2D eigenvalue weighted by molar-refractivity contribution is 5.97. The summed E-state index contributed by atoms with van der Waals surface area (Å²) in [5.74, 6) is -0.116. The maximum absolute atomic E-state index is 12.4. The third kappa shape index (κ3) is 2.91. The first-order valence-electron chi connectivity index (χ1n) is 6.75. The predicted molar refractivity (Wildman–Crippen MR) is 75.4 cm³/mol. The number of benzene rings is 1. The number of amides is 1. The molecule has 0 saturated carbocycles. The molecule has 2 rings (SSSR count). The number of piperazine rings is 1. The van der Waals surface area contributed by atoms with Gasteiger partial charge in [-0.3, -0.25) is 9.69 Å². The number of hydrogen-bond acceptors (Lipinski definition) is 4. The number of hydrogen-bond donors (Lipinski definition) is 1. The molecule has 1 atom stereocenters. The van der Waals surface area contributed by atoms with Crippen LogP contribution in [0.5, 0.6) is 5.75 Å². The van der Waals surface area contributed by atoms with E-state index in [1.54, 1.807) is 17.0 Å². The van der Waals surface area contributed by atoms with E-state index in [4.69, 9.17) is 5.26 Å². The first-order valence-corrected chi connectivity index (χ1v) is 6.75. The summed E-state index contributed by atoms with van der Waals surface area (Å²) in [6.07, 6.45) is 0. The van der Waals surface area contributed by atoms with E-state index in [-0.39, 0.29) is 17.7 Å². The van der Waals surface area contributed by atoms with E-state index in [0.29, 0.717) is 31.7 Å². The van der Waals surface area contributed by atoms with E-state index in [9.17, 15) is 9.90 Å².